The van der Waals surface area contributed by atoms with E-state index in [1.54, 1.807) is 0 Å². The topological polar surface area (TPSA) is 114 Å². The molecule has 194 valence electrons. The summed E-state index contributed by atoms with van der Waals surface area (Å²) in [5.74, 6) is -1.88. The number of hydrogen-bond donors (Lipinski definition) is 3. The van der Waals surface area contributed by atoms with E-state index in [0.717, 1.165) is 11.1 Å². The normalized spacial score (nSPS) is 12.5. The minimum Gasteiger partial charge on any atom is -0.445 e. The molecule has 36 heavy (non-hydrogen) atoms. The third-order valence-electron chi connectivity index (χ3n) is 5.39. The van der Waals surface area contributed by atoms with Crippen LogP contribution in [0.1, 0.15) is 51.7 Å². The predicted octanol–water partition coefficient (Wildman–Crippen LogP) is 3.74. The van der Waals surface area contributed by atoms with Crippen molar-refractivity contribution < 1.29 is 23.9 Å². The van der Waals surface area contributed by atoms with E-state index in [4.69, 9.17) is 4.74 Å². The molecule has 0 radical (unpaired) electrons. The van der Waals surface area contributed by atoms with Crippen molar-refractivity contribution in [1.82, 2.24) is 16.0 Å². The van der Waals surface area contributed by atoms with Gasteiger partial charge in [-0.15, -0.1) is 0 Å². The number of carbonyl (C=O) groups is 4. The summed E-state index contributed by atoms with van der Waals surface area (Å²) in [6, 6.07) is 16.5. The quantitative estimate of drug-likeness (QED) is 0.366. The molecule has 0 unspecified atom stereocenters. The molecule has 8 nitrogen and oxygen atoms in total. The lowest BCUT2D eigenvalue weighted by Gasteiger charge is -2.24. The number of Topliss-reactive ketones (excluding diaryl/α,β-unsaturated/α-hetero) is 1. The van der Waals surface area contributed by atoms with Crippen LogP contribution in [0, 0.1) is 11.8 Å². The Hall–Kier alpha value is -3.68. The van der Waals surface area contributed by atoms with Crippen molar-refractivity contribution in [3.05, 3.63) is 71.8 Å². The highest BCUT2D eigenvalue weighted by atomic mass is 16.5. The average Bonchev–Trinajstić information content (AvgIpc) is 2.85. The van der Waals surface area contributed by atoms with Crippen LogP contribution in [0.25, 0.3) is 0 Å². The van der Waals surface area contributed by atoms with Crippen LogP contribution >= 0.6 is 0 Å². The van der Waals surface area contributed by atoms with Crippen LogP contribution in [0.3, 0.4) is 0 Å². The smallest absolute Gasteiger partial charge is 0.408 e. The Morgan fingerprint density at radius 3 is 1.81 bits per heavy atom. The molecular weight excluding hydrogens is 458 g/mol. The van der Waals surface area contributed by atoms with E-state index < -0.39 is 35.8 Å². The van der Waals surface area contributed by atoms with Crippen LogP contribution in [0.2, 0.25) is 0 Å². The van der Waals surface area contributed by atoms with Crippen LogP contribution in [0.15, 0.2) is 60.7 Å². The average molecular weight is 496 g/mol. The van der Waals surface area contributed by atoms with Crippen LogP contribution < -0.4 is 16.0 Å². The van der Waals surface area contributed by atoms with Crippen molar-refractivity contribution >= 4 is 23.7 Å². The molecule has 0 aromatic heterocycles. The van der Waals surface area contributed by atoms with Crippen molar-refractivity contribution in [2.75, 3.05) is 0 Å². The number of rotatable bonds is 13. The van der Waals surface area contributed by atoms with E-state index in [9.17, 15) is 19.2 Å². The van der Waals surface area contributed by atoms with Gasteiger partial charge in [-0.05, 0) is 35.8 Å². The van der Waals surface area contributed by atoms with Crippen LogP contribution in [-0.2, 0) is 32.3 Å². The van der Waals surface area contributed by atoms with Gasteiger partial charge in [0.2, 0.25) is 11.7 Å². The van der Waals surface area contributed by atoms with Gasteiger partial charge in [0.1, 0.15) is 12.6 Å². The molecule has 0 fully saturated rings. The number of benzene rings is 2. The van der Waals surface area contributed by atoms with Gasteiger partial charge in [0.05, 0.1) is 6.04 Å². The van der Waals surface area contributed by atoms with E-state index >= 15 is 0 Å². The fourth-order valence-corrected chi connectivity index (χ4v) is 3.61. The number of alkyl carbamates (subject to hydrolysis) is 1. The zero-order valence-corrected chi connectivity index (χ0v) is 21.5. The first-order valence-electron chi connectivity index (χ1n) is 12.3. The van der Waals surface area contributed by atoms with Gasteiger partial charge in [-0.3, -0.25) is 14.4 Å². The molecule has 2 aromatic rings. The number of carbonyl (C=O) groups excluding carboxylic acids is 4. The van der Waals surface area contributed by atoms with Gasteiger partial charge in [-0.1, -0.05) is 88.4 Å². The highest BCUT2D eigenvalue weighted by molar-refractivity contribution is 6.38. The minimum atomic E-state index is -1.01. The highest BCUT2D eigenvalue weighted by Gasteiger charge is 2.31. The number of amides is 3. The number of hydrogen-bond acceptors (Lipinski definition) is 5. The van der Waals surface area contributed by atoms with Gasteiger partial charge >= 0.3 is 6.09 Å². The van der Waals surface area contributed by atoms with E-state index in [2.05, 4.69) is 16.0 Å². The van der Waals surface area contributed by atoms with Gasteiger partial charge in [-0.2, -0.15) is 0 Å². The molecule has 0 aliphatic carbocycles. The first kappa shape index (κ1) is 28.6. The van der Waals surface area contributed by atoms with Crippen molar-refractivity contribution in [3.63, 3.8) is 0 Å². The molecule has 8 heteroatoms. The monoisotopic (exact) mass is 495 g/mol. The molecule has 0 bridgehead atoms. The summed E-state index contributed by atoms with van der Waals surface area (Å²) in [6.45, 7) is 7.92. The lowest BCUT2D eigenvalue weighted by Crippen LogP contribution is -2.54. The highest BCUT2D eigenvalue weighted by Crippen LogP contribution is 2.10. The van der Waals surface area contributed by atoms with Gasteiger partial charge < -0.3 is 20.7 Å². The standard InChI is InChI=1S/C28H37N3O5/c1-19(2)15-23(25(32)27(34)29-17-21-11-7-5-8-12-21)30-26(33)24(16-20(3)4)31-28(35)36-18-22-13-9-6-10-14-22/h5-14,19-20,23-24H,15-18H2,1-4H3,(H,29,34)(H,30,33)(H,31,35)/t23-,24-/m0/s1. The Bertz CT molecular complexity index is 993. The summed E-state index contributed by atoms with van der Waals surface area (Å²) in [5.41, 5.74) is 1.68. The summed E-state index contributed by atoms with van der Waals surface area (Å²) in [5, 5.41) is 7.92. The molecule has 2 aromatic carbocycles. The summed E-state index contributed by atoms with van der Waals surface area (Å²) in [4.78, 5) is 51.0. The van der Waals surface area contributed by atoms with Crippen molar-refractivity contribution in [2.45, 2.75) is 65.8 Å². The Labute approximate surface area is 213 Å². The van der Waals surface area contributed by atoms with Crippen LogP contribution in [0.4, 0.5) is 4.79 Å². The second-order valence-corrected chi connectivity index (χ2v) is 9.61. The fraction of sp³-hybridized carbons (Fsp3) is 0.429. The molecule has 2 atom stereocenters. The summed E-state index contributed by atoms with van der Waals surface area (Å²) >= 11 is 0. The fourth-order valence-electron chi connectivity index (χ4n) is 3.61. The maximum absolute atomic E-state index is 13.1. The van der Waals surface area contributed by atoms with Gasteiger partial charge in [0.25, 0.3) is 5.91 Å². The van der Waals surface area contributed by atoms with E-state index in [1.165, 1.54) is 0 Å². The number of ether oxygens (including phenoxy) is 1. The van der Waals surface area contributed by atoms with Crippen LogP contribution in [-0.4, -0.2) is 35.8 Å². The van der Waals surface area contributed by atoms with Crippen molar-refractivity contribution in [2.24, 2.45) is 11.8 Å². The first-order valence-corrected chi connectivity index (χ1v) is 12.3. The van der Waals surface area contributed by atoms with E-state index in [1.807, 2.05) is 88.4 Å². The molecule has 0 heterocycles. The Balaban J connectivity index is 2.01. The lowest BCUT2D eigenvalue weighted by atomic mass is 9.98. The molecule has 2 rings (SSSR count). The summed E-state index contributed by atoms with van der Waals surface area (Å²) in [7, 11) is 0. The van der Waals surface area contributed by atoms with E-state index in [0.29, 0.717) is 6.42 Å². The third kappa shape index (κ3) is 10.3. The Kier molecular flexibility index (Phi) is 11.6. The van der Waals surface area contributed by atoms with Gasteiger partial charge in [-0.25, -0.2) is 4.79 Å². The second kappa shape index (κ2) is 14.7. The molecule has 0 saturated heterocycles. The molecule has 0 spiro atoms. The SMILES string of the molecule is CC(C)C[C@H](NC(=O)OCc1ccccc1)C(=O)N[C@@H](CC(C)C)C(=O)C(=O)NCc1ccccc1. The zero-order valence-electron chi connectivity index (χ0n) is 21.5. The number of ketones is 1. The minimum absolute atomic E-state index is 0.0496. The summed E-state index contributed by atoms with van der Waals surface area (Å²) in [6.07, 6.45) is -0.0994. The molecule has 0 aliphatic rings. The molecule has 3 N–H and O–H groups in total. The lowest BCUT2D eigenvalue weighted by molar-refractivity contribution is -0.140. The van der Waals surface area contributed by atoms with E-state index in [-0.39, 0.29) is 31.4 Å². The molecule has 0 aliphatic heterocycles. The number of nitrogens with one attached hydrogen (secondary N) is 3. The first-order chi connectivity index (χ1) is 17.2. The molecular formula is C28H37N3O5. The predicted molar refractivity (Wildman–Crippen MR) is 138 cm³/mol. The molecule has 3 amide bonds. The maximum atomic E-state index is 13.1. The maximum Gasteiger partial charge on any atom is 0.408 e. The zero-order chi connectivity index (χ0) is 26.5. The van der Waals surface area contributed by atoms with Crippen molar-refractivity contribution in [1.29, 1.82) is 0 Å². The van der Waals surface area contributed by atoms with Gasteiger partial charge in [0.15, 0.2) is 0 Å². The Morgan fingerprint density at radius 1 is 0.722 bits per heavy atom. The van der Waals surface area contributed by atoms with Gasteiger partial charge in [0, 0.05) is 6.54 Å². The second-order valence-electron chi connectivity index (χ2n) is 9.61. The van der Waals surface area contributed by atoms with Crippen LogP contribution in [0.5, 0.6) is 0 Å². The summed E-state index contributed by atoms with van der Waals surface area (Å²) < 4.78 is 5.26. The largest absolute Gasteiger partial charge is 0.445 e. The molecule has 0 saturated carbocycles. The van der Waals surface area contributed by atoms with Crippen molar-refractivity contribution in [3.8, 4) is 0 Å². The third-order valence-corrected chi connectivity index (χ3v) is 5.39. The Morgan fingerprint density at radius 2 is 1.25 bits per heavy atom.